The molecular weight excluding hydrogens is 466 g/mol. The van der Waals surface area contributed by atoms with Gasteiger partial charge in [0.2, 0.25) is 0 Å². The quantitative estimate of drug-likeness (QED) is 0.268. The molecule has 0 spiro atoms. The Morgan fingerprint density at radius 2 is 1.71 bits per heavy atom. The highest BCUT2D eigenvalue weighted by Crippen LogP contribution is 2.43. The van der Waals surface area contributed by atoms with Gasteiger partial charge in [-0.15, -0.1) is 0 Å². The lowest BCUT2D eigenvalue weighted by Crippen LogP contribution is -2.15. The van der Waals surface area contributed by atoms with E-state index in [1.807, 2.05) is 0 Å². The largest absolute Gasteiger partial charge is 0.493 e. The molecule has 3 rings (SSSR count). The molecule has 0 aliphatic rings. The minimum Gasteiger partial charge on any atom is -0.493 e. The molecule has 0 bridgehead atoms. The van der Waals surface area contributed by atoms with Crippen molar-refractivity contribution < 1.29 is 43.4 Å². The number of non-ortho nitro benzene ring substituents is 1. The summed E-state index contributed by atoms with van der Waals surface area (Å²) in [6.07, 6.45) is 0. The number of aliphatic carboxylic acids is 1. The fourth-order valence-electron chi connectivity index (χ4n) is 3.25. The summed E-state index contributed by atoms with van der Waals surface area (Å²) in [4.78, 5) is 47.6. The van der Waals surface area contributed by atoms with Crippen molar-refractivity contribution in [2.24, 2.45) is 0 Å². The van der Waals surface area contributed by atoms with Crippen LogP contribution in [0, 0.1) is 10.1 Å². The number of hydrogen-bond donors (Lipinski definition) is 1. The first-order valence-electron chi connectivity index (χ1n) is 9.79. The van der Waals surface area contributed by atoms with E-state index in [4.69, 9.17) is 24.1 Å². The Labute approximate surface area is 197 Å². The maximum absolute atomic E-state index is 12.9. The molecule has 13 heteroatoms. The SMILES string of the molecule is COC(=O)c1c(-c2cc([N+](=O)[O-])cc(OC)c2OCC(=O)O)nn(-c2ccccc2)c1C(=O)OC. The number of carbonyl (C=O) groups excluding carboxylic acids is 2. The zero-order valence-electron chi connectivity index (χ0n) is 18.7. The van der Waals surface area contributed by atoms with Gasteiger partial charge in [-0.3, -0.25) is 10.1 Å². The predicted molar refractivity (Wildman–Crippen MR) is 118 cm³/mol. The summed E-state index contributed by atoms with van der Waals surface area (Å²) in [5, 5.41) is 25.0. The van der Waals surface area contributed by atoms with Crippen LogP contribution in [0.2, 0.25) is 0 Å². The molecular formula is C22H19N3O10. The lowest BCUT2D eigenvalue weighted by Gasteiger charge is -2.14. The third-order valence-electron chi connectivity index (χ3n) is 4.72. The Bertz CT molecular complexity index is 1300. The molecule has 1 aromatic heterocycles. The van der Waals surface area contributed by atoms with Gasteiger partial charge in [-0.2, -0.15) is 5.10 Å². The molecule has 0 amide bonds. The number of methoxy groups -OCH3 is 3. The standard InChI is InChI=1S/C22H19N3O10/c1-32-15-10-13(25(30)31)9-14(20(15)35-11-16(26)27)18-17(21(28)33-2)19(22(29)34-3)24(23-18)12-7-5-4-6-8-12/h4-10H,11H2,1-3H3,(H,26,27). The molecule has 0 fully saturated rings. The molecule has 13 nitrogen and oxygen atoms in total. The van der Waals surface area contributed by atoms with Gasteiger partial charge >= 0.3 is 17.9 Å². The number of para-hydroxylation sites is 1. The predicted octanol–water partition coefficient (Wildman–Crippen LogP) is 2.49. The minimum atomic E-state index is -1.34. The van der Waals surface area contributed by atoms with Gasteiger partial charge in [-0.05, 0) is 12.1 Å². The first-order valence-corrected chi connectivity index (χ1v) is 9.79. The van der Waals surface area contributed by atoms with Crippen molar-refractivity contribution in [1.82, 2.24) is 9.78 Å². The maximum Gasteiger partial charge on any atom is 0.357 e. The van der Waals surface area contributed by atoms with Crippen LogP contribution in [-0.2, 0) is 14.3 Å². The Morgan fingerprint density at radius 1 is 1.06 bits per heavy atom. The van der Waals surface area contributed by atoms with Crippen LogP contribution < -0.4 is 9.47 Å². The van der Waals surface area contributed by atoms with E-state index in [2.05, 4.69) is 5.10 Å². The molecule has 2 aromatic carbocycles. The first-order chi connectivity index (χ1) is 16.7. The fourth-order valence-corrected chi connectivity index (χ4v) is 3.25. The molecule has 0 aliphatic heterocycles. The number of nitrogens with zero attached hydrogens (tertiary/aromatic N) is 3. The van der Waals surface area contributed by atoms with Crippen LogP contribution in [0.4, 0.5) is 5.69 Å². The maximum atomic E-state index is 12.9. The molecule has 0 unspecified atom stereocenters. The van der Waals surface area contributed by atoms with Crippen LogP contribution in [-0.4, -0.2) is 65.7 Å². The second-order valence-corrected chi connectivity index (χ2v) is 6.77. The number of ether oxygens (including phenoxy) is 4. The number of rotatable bonds is 9. The third-order valence-corrected chi connectivity index (χ3v) is 4.72. The van der Waals surface area contributed by atoms with E-state index >= 15 is 0 Å². The molecule has 3 aromatic rings. The molecule has 0 saturated carbocycles. The van der Waals surface area contributed by atoms with Gasteiger partial charge in [-0.1, -0.05) is 18.2 Å². The summed E-state index contributed by atoms with van der Waals surface area (Å²) in [6.45, 7) is -0.835. The molecule has 0 radical (unpaired) electrons. The van der Waals surface area contributed by atoms with Gasteiger partial charge in [0.05, 0.1) is 43.6 Å². The third kappa shape index (κ3) is 4.88. The van der Waals surface area contributed by atoms with Crippen LogP contribution in [0.3, 0.4) is 0 Å². The smallest absolute Gasteiger partial charge is 0.357 e. The van der Waals surface area contributed by atoms with Crippen LogP contribution >= 0.6 is 0 Å². The minimum absolute atomic E-state index is 0.183. The van der Waals surface area contributed by atoms with E-state index < -0.39 is 35.1 Å². The number of carbonyl (C=O) groups is 3. The number of carboxylic acid groups (broad SMARTS) is 1. The van der Waals surface area contributed by atoms with Crippen molar-refractivity contribution in [3.8, 4) is 28.4 Å². The van der Waals surface area contributed by atoms with Crippen molar-refractivity contribution in [1.29, 1.82) is 0 Å². The Kier molecular flexibility index (Phi) is 7.29. The summed E-state index contributed by atoms with van der Waals surface area (Å²) < 4.78 is 21.4. The van der Waals surface area contributed by atoms with Gasteiger partial charge in [0.1, 0.15) is 11.3 Å². The summed E-state index contributed by atoms with van der Waals surface area (Å²) in [5.74, 6) is -3.73. The molecule has 0 atom stereocenters. The van der Waals surface area contributed by atoms with E-state index in [1.54, 1.807) is 30.3 Å². The number of nitro benzene ring substituents is 1. The number of esters is 2. The van der Waals surface area contributed by atoms with Gasteiger partial charge < -0.3 is 24.1 Å². The normalized spacial score (nSPS) is 10.4. The van der Waals surface area contributed by atoms with Crippen molar-refractivity contribution in [3.05, 3.63) is 63.8 Å². The van der Waals surface area contributed by atoms with Crippen LogP contribution in [0.1, 0.15) is 20.8 Å². The highest BCUT2D eigenvalue weighted by molar-refractivity contribution is 6.07. The van der Waals surface area contributed by atoms with Crippen LogP contribution in [0.5, 0.6) is 11.5 Å². The van der Waals surface area contributed by atoms with Crippen LogP contribution in [0.25, 0.3) is 16.9 Å². The Balaban J connectivity index is 2.47. The molecule has 182 valence electrons. The number of nitro groups is 1. The van der Waals surface area contributed by atoms with Gasteiger partial charge in [-0.25, -0.2) is 19.1 Å². The molecule has 0 aliphatic carbocycles. The summed E-state index contributed by atoms with van der Waals surface area (Å²) >= 11 is 0. The summed E-state index contributed by atoms with van der Waals surface area (Å²) in [6, 6.07) is 10.3. The molecule has 1 N–H and O–H groups in total. The van der Waals surface area contributed by atoms with E-state index in [1.165, 1.54) is 7.11 Å². The Hall–Kier alpha value is -4.94. The zero-order valence-corrected chi connectivity index (χ0v) is 18.7. The Morgan fingerprint density at radius 3 is 2.26 bits per heavy atom. The first kappa shape index (κ1) is 24.7. The topological polar surface area (TPSA) is 169 Å². The lowest BCUT2D eigenvalue weighted by atomic mass is 10.0. The average Bonchev–Trinajstić information content (AvgIpc) is 3.26. The monoisotopic (exact) mass is 485 g/mol. The van der Waals surface area contributed by atoms with Gasteiger partial charge in [0.15, 0.2) is 23.8 Å². The highest BCUT2D eigenvalue weighted by Gasteiger charge is 2.34. The summed E-state index contributed by atoms with van der Waals surface area (Å²) in [5.41, 5.74) is -1.26. The van der Waals surface area contributed by atoms with Crippen molar-refractivity contribution in [2.45, 2.75) is 0 Å². The number of aromatic nitrogens is 2. The second-order valence-electron chi connectivity index (χ2n) is 6.77. The molecule has 0 saturated heterocycles. The van der Waals surface area contributed by atoms with Gasteiger partial charge in [0, 0.05) is 6.07 Å². The van der Waals surface area contributed by atoms with E-state index in [9.17, 15) is 24.5 Å². The zero-order chi connectivity index (χ0) is 25.7. The lowest BCUT2D eigenvalue weighted by molar-refractivity contribution is -0.384. The van der Waals surface area contributed by atoms with Crippen molar-refractivity contribution >= 4 is 23.6 Å². The number of benzene rings is 2. The second kappa shape index (κ2) is 10.3. The average molecular weight is 485 g/mol. The molecule has 1 heterocycles. The summed E-state index contributed by atoms with van der Waals surface area (Å²) in [7, 11) is 3.37. The van der Waals surface area contributed by atoms with Crippen molar-refractivity contribution in [2.75, 3.05) is 27.9 Å². The van der Waals surface area contributed by atoms with E-state index in [0.29, 0.717) is 5.69 Å². The highest BCUT2D eigenvalue weighted by atomic mass is 16.6. The van der Waals surface area contributed by atoms with Crippen LogP contribution in [0.15, 0.2) is 42.5 Å². The fraction of sp³-hybridized carbons (Fsp3) is 0.182. The van der Waals surface area contributed by atoms with Gasteiger partial charge in [0.25, 0.3) is 5.69 Å². The molecule has 35 heavy (non-hydrogen) atoms. The van der Waals surface area contributed by atoms with Crippen molar-refractivity contribution in [3.63, 3.8) is 0 Å². The van der Waals surface area contributed by atoms with E-state index in [-0.39, 0.29) is 34.0 Å². The number of hydrogen-bond acceptors (Lipinski definition) is 10. The number of carboxylic acids is 1. The van der Waals surface area contributed by atoms with E-state index in [0.717, 1.165) is 31.0 Å².